The Morgan fingerprint density at radius 1 is 1.50 bits per heavy atom. The van der Waals surface area contributed by atoms with E-state index >= 15 is 0 Å². The van der Waals surface area contributed by atoms with Crippen LogP contribution in [0, 0.1) is 0 Å². The van der Waals surface area contributed by atoms with Crippen LogP contribution in [0.2, 0.25) is 0 Å². The Hall–Kier alpha value is 1.77. The number of halogens is 2. The predicted molar refractivity (Wildman–Crippen MR) is 52.1 cm³/mol. The van der Waals surface area contributed by atoms with E-state index in [-0.39, 0.29) is 0 Å². The Bertz CT molecular complexity index is 93.7. The Morgan fingerprint density at radius 2 is 2.10 bits per heavy atom. The maximum absolute atomic E-state index is 2.65. The molecular weight excluding hydrogens is 372 g/mol. The summed E-state index contributed by atoms with van der Waals surface area (Å²) in [5, 5.41) is 0. The summed E-state index contributed by atoms with van der Waals surface area (Å²) in [6.07, 6.45) is 5.06. The second-order valence-electron chi connectivity index (χ2n) is 2.31. The minimum absolute atomic E-state index is 0.334. The van der Waals surface area contributed by atoms with E-state index in [2.05, 4.69) is 32.0 Å². The first kappa shape index (κ1) is 9.85. The molecule has 62 valence electrons. The first-order valence-electron chi connectivity index (χ1n) is 3.40. The van der Waals surface area contributed by atoms with E-state index in [1.807, 2.05) is 8.93 Å². The first-order valence-corrected chi connectivity index (χ1v) is 9.38. The van der Waals surface area contributed by atoms with E-state index in [0.717, 1.165) is 3.92 Å². The maximum atomic E-state index is 2.65. The molecule has 0 aliphatic carbocycles. The monoisotopic (exact) mass is 384 g/mol. The number of piperidine rings is 1. The average molecular weight is 384 g/mol. The molecule has 4 heteroatoms. The number of nitrogens with zero attached hydrogens (tertiary/aromatic N) is 1. The molecule has 0 spiro atoms. The molecule has 0 atom stereocenters. The van der Waals surface area contributed by atoms with Crippen molar-refractivity contribution in [3.05, 3.63) is 0 Å². The van der Waals surface area contributed by atoms with Crippen molar-refractivity contribution in [1.29, 1.82) is 0 Å². The zero-order chi connectivity index (χ0) is 7.40. The van der Waals surface area contributed by atoms with E-state index in [1.165, 1.54) is 25.9 Å². The molecule has 0 bridgehead atoms. The molecule has 1 aliphatic heterocycles. The van der Waals surface area contributed by atoms with Crippen LogP contribution in [-0.4, -0.2) is 26.4 Å². The summed E-state index contributed by atoms with van der Waals surface area (Å²) in [6.45, 7) is 2.73. The van der Waals surface area contributed by atoms with Gasteiger partial charge in [0.15, 0.2) is 0 Å². The molecule has 1 rings (SSSR count). The van der Waals surface area contributed by atoms with Gasteiger partial charge in [-0.2, -0.15) is 0 Å². The van der Waals surface area contributed by atoms with E-state index in [9.17, 15) is 0 Å². The van der Waals surface area contributed by atoms with E-state index < -0.39 is 0 Å². The number of alkyl halides is 1. The van der Waals surface area contributed by atoms with Gasteiger partial charge in [0, 0.05) is 0 Å². The summed E-state index contributed by atoms with van der Waals surface area (Å²) in [4.78, 5) is 0. The molecule has 0 aromatic heterocycles. The molecule has 0 aromatic rings. The molecule has 0 aromatic carbocycles. The van der Waals surface area contributed by atoms with Crippen molar-refractivity contribution in [2.75, 3.05) is 19.3 Å². The summed E-state index contributed by atoms with van der Waals surface area (Å²) in [5.41, 5.74) is 0. The van der Waals surface area contributed by atoms with E-state index in [4.69, 9.17) is 0 Å². The quantitative estimate of drug-likeness (QED) is 0.348. The Balaban J connectivity index is 2.13. The third-order valence-corrected chi connectivity index (χ3v) is 6.93. The molecule has 1 nitrogen and oxygen atoms in total. The van der Waals surface area contributed by atoms with Crippen LogP contribution in [0.3, 0.4) is 0 Å². The third kappa shape index (κ3) is 3.44. The van der Waals surface area contributed by atoms with Crippen LogP contribution in [-0.2, 0) is 0 Å². The molecule has 1 heterocycles. The fourth-order valence-electron chi connectivity index (χ4n) is 0.983. The third-order valence-electron chi connectivity index (χ3n) is 1.54. The zero-order valence-electron chi connectivity index (χ0n) is 6.02. The van der Waals surface area contributed by atoms with Crippen LogP contribution in [0.25, 0.3) is 0 Å². The fraction of sp³-hybridized carbons (Fsp3) is 1.00. The van der Waals surface area contributed by atoms with Gasteiger partial charge in [-0.25, -0.2) is 0 Å². The van der Waals surface area contributed by atoms with Gasteiger partial charge < -0.3 is 0 Å². The molecule has 1 fully saturated rings. The second-order valence-corrected chi connectivity index (χ2v) is 9.70. The summed E-state index contributed by atoms with van der Waals surface area (Å²) >= 11 is 2.91. The van der Waals surface area contributed by atoms with Gasteiger partial charge in [-0.05, 0) is 0 Å². The van der Waals surface area contributed by atoms with Gasteiger partial charge in [0.2, 0.25) is 0 Å². The van der Waals surface area contributed by atoms with Crippen LogP contribution in [0.5, 0.6) is 0 Å². The Kier molecular flexibility index (Phi) is 5.34. The Labute approximate surface area is 89.9 Å². The van der Waals surface area contributed by atoms with Crippen molar-refractivity contribution >= 4 is 31.5 Å². The van der Waals surface area contributed by atoms with Crippen LogP contribution in [0.4, 0.5) is 0 Å². The standard InChI is InChI=1S/C6H12I2NS/c1-10-8-9-4-2-6(7)3-5-9/h6H,2-5H2,1H3/q-1. The normalized spacial score (nSPS) is 23.8. The van der Waals surface area contributed by atoms with Crippen molar-refractivity contribution in [3.8, 4) is 0 Å². The summed E-state index contributed by atoms with van der Waals surface area (Å²) in [6, 6.07) is 0. The van der Waals surface area contributed by atoms with Gasteiger partial charge >= 0.3 is 90.8 Å². The van der Waals surface area contributed by atoms with Gasteiger partial charge in [0.1, 0.15) is 0 Å². The van der Waals surface area contributed by atoms with E-state index in [0.29, 0.717) is 20.1 Å². The van der Waals surface area contributed by atoms with Crippen molar-refractivity contribution in [2.45, 2.75) is 16.8 Å². The Morgan fingerprint density at radius 3 is 2.60 bits per heavy atom. The van der Waals surface area contributed by atoms with Gasteiger partial charge in [0.25, 0.3) is 0 Å². The van der Waals surface area contributed by atoms with Crippen molar-refractivity contribution in [3.63, 3.8) is 0 Å². The molecular formula is C6H12I2NS-. The zero-order valence-corrected chi connectivity index (χ0v) is 11.1. The van der Waals surface area contributed by atoms with Gasteiger partial charge in [-0.15, -0.1) is 0 Å². The van der Waals surface area contributed by atoms with Gasteiger partial charge in [0.05, 0.1) is 0 Å². The van der Waals surface area contributed by atoms with Crippen LogP contribution < -0.4 is 20.1 Å². The average Bonchev–Trinajstić information content (AvgIpc) is 1.95. The fourth-order valence-corrected chi connectivity index (χ4v) is 5.28. The van der Waals surface area contributed by atoms with Crippen LogP contribution in [0.1, 0.15) is 12.8 Å². The summed E-state index contributed by atoms with van der Waals surface area (Å²) in [5.74, 6) is 0. The predicted octanol–water partition coefficient (Wildman–Crippen LogP) is -0.832. The van der Waals surface area contributed by atoms with Crippen LogP contribution >= 0.6 is 31.5 Å². The van der Waals surface area contributed by atoms with Crippen molar-refractivity contribution < 1.29 is 20.1 Å². The molecule has 0 saturated carbocycles. The minimum atomic E-state index is 0.334. The molecule has 1 aliphatic rings. The topological polar surface area (TPSA) is 3.24 Å². The molecule has 0 radical (unpaired) electrons. The van der Waals surface area contributed by atoms with Crippen molar-refractivity contribution in [2.24, 2.45) is 0 Å². The van der Waals surface area contributed by atoms with E-state index in [1.54, 1.807) is 0 Å². The number of hydrogen-bond donors (Lipinski definition) is 0. The summed E-state index contributed by atoms with van der Waals surface area (Å²) < 4.78 is 3.61. The number of hydrogen-bond acceptors (Lipinski definition) is 2. The SMILES string of the molecule is CS[I-]N1CCC(I)CC1. The molecule has 1 saturated heterocycles. The molecule has 0 unspecified atom stereocenters. The first-order chi connectivity index (χ1) is 4.83. The van der Waals surface area contributed by atoms with Crippen LogP contribution in [0.15, 0.2) is 0 Å². The summed E-state index contributed by atoms with van der Waals surface area (Å²) in [7, 11) is 2.04. The number of rotatable bonds is 2. The second kappa shape index (κ2) is 5.42. The van der Waals surface area contributed by atoms with Gasteiger partial charge in [-0.1, -0.05) is 0 Å². The van der Waals surface area contributed by atoms with Crippen molar-refractivity contribution in [1.82, 2.24) is 3.11 Å². The van der Waals surface area contributed by atoms with Gasteiger partial charge in [-0.3, -0.25) is 0 Å². The molecule has 10 heavy (non-hydrogen) atoms. The molecule has 0 amide bonds. The molecule has 0 N–H and O–H groups in total.